The molecule has 11 heteroatoms. The molecule has 1 saturated heterocycles. The van der Waals surface area contributed by atoms with Gasteiger partial charge in [-0.3, -0.25) is 4.90 Å². The standard InChI is InChI=1S/C19H21F6NO4/c1-17(2,3)30-16(29)26-5-4-10(8-14(26)15(27)28)11-6-12(18(20,21)22)9-13(7-11)19(23,24)25/h6-7,9-10,14H,4-5,8H2,1-3H3,(H,27,28). The monoisotopic (exact) mass is 441 g/mol. The molecule has 1 amide bonds. The molecule has 0 saturated carbocycles. The maximum atomic E-state index is 13.1. The first-order chi connectivity index (χ1) is 13.5. The highest BCUT2D eigenvalue weighted by molar-refractivity contribution is 5.80. The van der Waals surface area contributed by atoms with Crippen LogP contribution < -0.4 is 0 Å². The second-order valence-electron chi connectivity index (χ2n) is 8.09. The highest BCUT2D eigenvalue weighted by Gasteiger charge is 2.41. The van der Waals surface area contributed by atoms with Gasteiger partial charge in [0.25, 0.3) is 0 Å². The molecule has 1 aliphatic heterocycles. The lowest BCUT2D eigenvalue weighted by atomic mass is 9.84. The van der Waals surface area contributed by atoms with E-state index in [0.29, 0.717) is 12.1 Å². The third-order valence-corrected chi connectivity index (χ3v) is 4.60. The molecule has 2 unspecified atom stereocenters. The number of carboxylic acids is 1. The highest BCUT2D eigenvalue weighted by Crippen LogP contribution is 2.40. The zero-order chi connectivity index (χ0) is 23.1. The Kier molecular flexibility index (Phi) is 6.34. The van der Waals surface area contributed by atoms with Crippen molar-refractivity contribution >= 4 is 12.1 Å². The van der Waals surface area contributed by atoms with E-state index in [0.717, 1.165) is 4.90 Å². The zero-order valence-corrected chi connectivity index (χ0v) is 16.4. The SMILES string of the molecule is CC(C)(C)OC(=O)N1CCC(c2cc(C(F)(F)F)cc(C(F)(F)F)c2)CC1C(=O)O. The largest absolute Gasteiger partial charge is 0.480 e. The van der Waals surface area contributed by atoms with Crippen LogP contribution in [0.1, 0.15) is 56.2 Å². The van der Waals surface area contributed by atoms with Crippen LogP contribution in [0.5, 0.6) is 0 Å². The lowest BCUT2D eigenvalue weighted by Gasteiger charge is -2.38. The number of carboxylic acid groups (broad SMARTS) is 1. The van der Waals surface area contributed by atoms with Gasteiger partial charge in [0, 0.05) is 6.54 Å². The minimum atomic E-state index is -5.00. The Morgan fingerprint density at radius 2 is 1.50 bits per heavy atom. The summed E-state index contributed by atoms with van der Waals surface area (Å²) in [5, 5.41) is 9.48. The van der Waals surface area contributed by atoms with Gasteiger partial charge in [-0.1, -0.05) is 0 Å². The van der Waals surface area contributed by atoms with E-state index in [1.165, 1.54) is 0 Å². The lowest BCUT2D eigenvalue weighted by Crippen LogP contribution is -2.51. The van der Waals surface area contributed by atoms with Crippen molar-refractivity contribution in [3.05, 3.63) is 34.9 Å². The van der Waals surface area contributed by atoms with Gasteiger partial charge in [-0.15, -0.1) is 0 Å². The van der Waals surface area contributed by atoms with Crippen molar-refractivity contribution in [3.63, 3.8) is 0 Å². The number of benzene rings is 1. The first-order valence-electron chi connectivity index (χ1n) is 9.01. The lowest BCUT2D eigenvalue weighted by molar-refractivity contribution is -0.145. The summed E-state index contributed by atoms with van der Waals surface area (Å²) >= 11 is 0. The van der Waals surface area contributed by atoms with Crippen molar-refractivity contribution in [1.82, 2.24) is 4.90 Å². The number of rotatable bonds is 2. The van der Waals surface area contributed by atoms with E-state index in [1.807, 2.05) is 0 Å². The van der Waals surface area contributed by atoms with Crippen LogP contribution in [0, 0.1) is 0 Å². The molecule has 30 heavy (non-hydrogen) atoms. The van der Waals surface area contributed by atoms with Gasteiger partial charge in [-0.2, -0.15) is 26.3 Å². The molecule has 0 aromatic heterocycles. The molecule has 1 aromatic rings. The van der Waals surface area contributed by atoms with Crippen LogP contribution in [0.15, 0.2) is 18.2 Å². The Morgan fingerprint density at radius 1 is 1.00 bits per heavy atom. The minimum absolute atomic E-state index is 0.0123. The molecule has 0 bridgehead atoms. The van der Waals surface area contributed by atoms with E-state index in [9.17, 15) is 41.0 Å². The van der Waals surface area contributed by atoms with Crippen LogP contribution >= 0.6 is 0 Å². The Morgan fingerprint density at radius 3 is 1.90 bits per heavy atom. The third kappa shape index (κ3) is 5.79. The van der Waals surface area contributed by atoms with Crippen LogP contribution in [0.25, 0.3) is 0 Å². The molecule has 1 heterocycles. The van der Waals surface area contributed by atoms with Crippen molar-refractivity contribution in [1.29, 1.82) is 0 Å². The van der Waals surface area contributed by atoms with Crippen molar-refractivity contribution in [2.75, 3.05) is 6.54 Å². The number of nitrogens with zero attached hydrogens (tertiary/aromatic N) is 1. The van der Waals surface area contributed by atoms with Crippen LogP contribution in [-0.4, -0.2) is 40.3 Å². The van der Waals surface area contributed by atoms with E-state index in [1.54, 1.807) is 20.8 Å². The van der Waals surface area contributed by atoms with Gasteiger partial charge >= 0.3 is 24.4 Å². The van der Waals surface area contributed by atoms with E-state index in [4.69, 9.17) is 4.74 Å². The van der Waals surface area contributed by atoms with Crippen molar-refractivity contribution in [2.45, 2.75) is 63.5 Å². The topological polar surface area (TPSA) is 66.8 Å². The number of carbonyl (C=O) groups excluding carboxylic acids is 1. The quantitative estimate of drug-likeness (QED) is 0.634. The molecule has 1 aliphatic rings. The summed E-state index contributed by atoms with van der Waals surface area (Å²) in [4.78, 5) is 24.9. The number of ether oxygens (including phenoxy) is 1. The average Bonchev–Trinajstić information content (AvgIpc) is 2.57. The number of hydrogen-bond donors (Lipinski definition) is 1. The average molecular weight is 441 g/mol. The van der Waals surface area contributed by atoms with Crippen LogP contribution in [0.4, 0.5) is 31.1 Å². The predicted molar refractivity (Wildman–Crippen MR) is 92.8 cm³/mol. The molecule has 2 rings (SSSR count). The highest BCUT2D eigenvalue weighted by atomic mass is 19.4. The molecule has 1 N–H and O–H groups in total. The smallest absolute Gasteiger partial charge is 0.416 e. The molecule has 1 aromatic carbocycles. The van der Waals surface area contributed by atoms with Gasteiger partial charge < -0.3 is 9.84 Å². The molecular weight excluding hydrogens is 420 g/mol. The Hall–Kier alpha value is -2.46. The first-order valence-corrected chi connectivity index (χ1v) is 9.01. The van der Waals surface area contributed by atoms with Crippen molar-refractivity contribution in [3.8, 4) is 0 Å². The Bertz CT molecular complexity index is 780. The number of amides is 1. The molecule has 0 radical (unpaired) electrons. The molecular formula is C19H21F6NO4. The number of piperidine rings is 1. The second-order valence-corrected chi connectivity index (χ2v) is 8.09. The van der Waals surface area contributed by atoms with Gasteiger partial charge in [0.15, 0.2) is 0 Å². The minimum Gasteiger partial charge on any atom is -0.480 e. The number of halogens is 6. The molecule has 5 nitrogen and oxygen atoms in total. The maximum absolute atomic E-state index is 13.1. The fourth-order valence-electron chi connectivity index (χ4n) is 3.26. The van der Waals surface area contributed by atoms with Gasteiger partial charge in [0.1, 0.15) is 11.6 Å². The fourth-order valence-corrected chi connectivity index (χ4v) is 3.26. The van der Waals surface area contributed by atoms with E-state index < -0.39 is 53.1 Å². The first kappa shape index (κ1) is 23.8. The maximum Gasteiger partial charge on any atom is 0.416 e. The molecule has 0 spiro atoms. The summed E-state index contributed by atoms with van der Waals surface area (Å²) in [5.41, 5.74) is -4.10. The third-order valence-electron chi connectivity index (χ3n) is 4.60. The molecule has 168 valence electrons. The number of alkyl halides is 6. The number of carbonyl (C=O) groups is 2. The summed E-state index contributed by atoms with van der Waals surface area (Å²) in [6.07, 6.45) is -11.3. The number of aliphatic carboxylic acids is 1. The van der Waals surface area contributed by atoms with E-state index in [-0.39, 0.29) is 31.0 Å². The normalized spacial score (nSPS) is 20.8. The van der Waals surface area contributed by atoms with Gasteiger partial charge in [0.05, 0.1) is 11.1 Å². The summed E-state index contributed by atoms with van der Waals surface area (Å²) in [7, 11) is 0. The number of likely N-dealkylation sites (tertiary alicyclic amines) is 1. The predicted octanol–water partition coefficient (Wildman–Crippen LogP) is 5.29. The Labute approximate surface area is 168 Å². The zero-order valence-electron chi connectivity index (χ0n) is 16.4. The second kappa shape index (κ2) is 7.99. The summed E-state index contributed by atoms with van der Waals surface area (Å²) in [6, 6.07) is -0.222. The van der Waals surface area contributed by atoms with Crippen LogP contribution in [-0.2, 0) is 21.9 Å². The van der Waals surface area contributed by atoms with Crippen LogP contribution in [0.3, 0.4) is 0 Å². The van der Waals surface area contributed by atoms with Gasteiger partial charge in [-0.05, 0) is 63.3 Å². The van der Waals surface area contributed by atoms with Crippen molar-refractivity contribution < 1.29 is 45.8 Å². The summed E-state index contributed by atoms with van der Waals surface area (Å²) in [6.45, 7) is 4.55. The summed E-state index contributed by atoms with van der Waals surface area (Å²) < 4.78 is 83.8. The Balaban J connectivity index is 2.38. The summed E-state index contributed by atoms with van der Waals surface area (Å²) in [5.74, 6) is -2.33. The fraction of sp³-hybridized carbons (Fsp3) is 0.579. The van der Waals surface area contributed by atoms with Crippen molar-refractivity contribution in [2.24, 2.45) is 0 Å². The molecule has 0 aliphatic carbocycles. The molecule has 1 fully saturated rings. The number of hydrogen-bond acceptors (Lipinski definition) is 3. The molecule has 2 atom stereocenters. The van der Waals surface area contributed by atoms with E-state index in [2.05, 4.69) is 0 Å². The van der Waals surface area contributed by atoms with E-state index >= 15 is 0 Å². The van der Waals surface area contributed by atoms with Gasteiger partial charge in [0.2, 0.25) is 0 Å². The van der Waals surface area contributed by atoms with Crippen LogP contribution in [0.2, 0.25) is 0 Å². The van der Waals surface area contributed by atoms with Gasteiger partial charge in [-0.25, -0.2) is 9.59 Å².